The van der Waals surface area contributed by atoms with E-state index >= 15 is 0 Å². The summed E-state index contributed by atoms with van der Waals surface area (Å²) < 4.78 is 5.13. The molecule has 0 fully saturated rings. The Bertz CT molecular complexity index is 424. The van der Waals surface area contributed by atoms with Gasteiger partial charge in [0, 0.05) is 6.20 Å². The summed E-state index contributed by atoms with van der Waals surface area (Å²) in [4.78, 5) is 33.1. The third kappa shape index (κ3) is 2.94. The molecule has 6 heteroatoms. The minimum atomic E-state index is -0.692. The lowest BCUT2D eigenvalue weighted by Crippen LogP contribution is -2.38. The molecule has 0 saturated carbocycles. The molecule has 79 valence electrons. The zero-order valence-electron chi connectivity index (χ0n) is 8.02. The highest BCUT2D eigenvalue weighted by Crippen LogP contribution is 1.81. The zero-order valence-corrected chi connectivity index (χ0v) is 8.02. The number of pyridine rings is 1. The SMILES string of the molecule is COC(=O)CNC(=O)n1ccc[c]c1=O. The zero-order chi connectivity index (χ0) is 11.3. The van der Waals surface area contributed by atoms with Crippen LogP contribution in [-0.2, 0) is 9.53 Å². The Morgan fingerprint density at radius 3 is 2.93 bits per heavy atom. The van der Waals surface area contributed by atoms with Gasteiger partial charge >= 0.3 is 12.0 Å². The molecule has 0 saturated heterocycles. The van der Waals surface area contributed by atoms with Crippen molar-refractivity contribution in [3.63, 3.8) is 0 Å². The highest BCUT2D eigenvalue weighted by atomic mass is 16.5. The Kier molecular flexibility index (Phi) is 3.61. The number of carbonyl (C=O) groups excluding carboxylic acids is 2. The minimum absolute atomic E-state index is 0.281. The van der Waals surface area contributed by atoms with Crippen molar-refractivity contribution in [2.24, 2.45) is 0 Å². The third-order valence-electron chi connectivity index (χ3n) is 1.59. The first-order valence-corrected chi connectivity index (χ1v) is 4.09. The predicted octanol–water partition coefficient (Wildman–Crippen LogP) is -0.621. The van der Waals surface area contributed by atoms with Crippen LogP contribution in [0.2, 0.25) is 0 Å². The van der Waals surface area contributed by atoms with Crippen LogP contribution in [0.15, 0.2) is 23.1 Å². The molecule has 0 aliphatic rings. The van der Waals surface area contributed by atoms with Gasteiger partial charge in [-0.2, -0.15) is 0 Å². The Labute approximate surface area is 85.5 Å². The molecular weight excluding hydrogens is 200 g/mol. The number of hydrogen-bond donors (Lipinski definition) is 1. The normalized spacial score (nSPS) is 9.40. The van der Waals surface area contributed by atoms with Crippen molar-refractivity contribution < 1.29 is 14.3 Å². The summed E-state index contributed by atoms with van der Waals surface area (Å²) in [6, 6.07) is 4.50. The van der Waals surface area contributed by atoms with Crippen LogP contribution >= 0.6 is 0 Å². The number of amides is 1. The first-order valence-electron chi connectivity index (χ1n) is 4.09. The highest BCUT2D eigenvalue weighted by Gasteiger charge is 2.07. The van der Waals surface area contributed by atoms with E-state index < -0.39 is 17.6 Å². The second-order valence-corrected chi connectivity index (χ2v) is 2.56. The van der Waals surface area contributed by atoms with Crippen LogP contribution in [0, 0.1) is 6.07 Å². The Balaban J connectivity index is 2.66. The van der Waals surface area contributed by atoms with E-state index in [9.17, 15) is 14.4 Å². The molecule has 1 aromatic rings. The minimum Gasteiger partial charge on any atom is -0.468 e. The van der Waals surface area contributed by atoms with Gasteiger partial charge in [-0.05, 0) is 12.1 Å². The number of carbonyl (C=O) groups is 2. The Morgan fingerprint density at radius 2 is 2.33 bits per heavy atom. The maximum absolute atomic E-state index is 11.3. The van der Waals surface area contributed by atoms with Crippen molar-refractivity contribution in [2.45, 2.75) is 0 Å². The van der Waals surface area contributed by atoms with E-state index in [1.807, 2.05) is 0 Å². The molecular formula is C9H9N2O4. The summed E-state index contributed by atoms with van der Waals surface area (Å²) in [6.45, 7) is -0.281. The molecule has 0 aromatic carbocycles. The van der Waals surface area contributed by atoms with Crippen LogP contribution in [-0.4, -0.2) is 30.2 Å². The Morgan fingerprint density at radius 1 is 1.60 bits per heavy atom. The van der Waals surface area contributed by atoms with Gasteiger partial charge in [0.1, 0.15) is 6.54 Å². The van der Waals surface area contributed by atoms with Crippen molar-refractivity contribution in [1.29, 1.82) is 0 Å². The molecule has 0 aliphatic carbocycles. The van der Waals surface area contributed by atoms with E-state index in [-0.39, 0.29) is 6.54 Å². The van der Waals surface area contributed by atoms with E-state index in [4.69, 9.17) is 0 Å². The molecule has 0 aliphatic heterocycles. The number of methoxy groups -OCH3 is 1. The molecule has 1 aromatic heterocycles. The molecule has 1 rings (SSSR count). The fraction of sp³-hybridized carbons (Fsp3) is 0.222. The molecule has 0 unspecified atom stereocenters. The molecule has 0 atom stereocenters. The molecule has 6 nitrogen and oxygen atoms in total. The van der Waals surface area contributed by atoms with Crippen molar-refractivity contribution in [3.8, 4) is 0 Å². The van der Waals surface area contributed by atoms with Crippen LogP contribution in [0.25, 0.3) is 0 Å². The van der Waals surface area contributed by atoms with Gasteiger partial charge in [0.05, 0.1) is 13.2 Å². The van der Waals surface area contributed by atoms with Crippen molar-refractivity contribution >= 4 is 12.0 Å². The van der Waals surface area contributed by atoms with Crippen molar-refractivity contribution in [3.05, 3.63) is 34.7 Å². The van der Waals surface area contributed by atoms with Gasteiger partial charge in [-0.1, -0.05) is 0 Å². The lowest BCUT2D eigenvalue weighted by atomic mass is 10.5. The number of hydrogen-bond acceptors (Lipinski definition) is 4. The van der Waals surface area contributed by atoms with E-state index in [0.29, 0.717) is 0 Å². The predicted molar refractivity (Wildman–Crippen MR) is 50.4 cm³/mol. The summed E-state index contributed by atoms with van der Waals surface area (Å²) in [6.07, 6.45) is 1.28. The number of nitrogens with zero attached hydrogens (tertiary/aromatic N) is 1. The average molecular weight is 209 g/mol. The van der Waals surface area contributed by atoms with Gasteiger partial charge in [0.15, 0.2) is 0 Å². The standard InChI is InChI=1S/C9H9N2O4/c1-15-8(13)6-10-9(14)11-5-3-2-4-7(11)12/h2-3,5H,6H2,1H3,(H,10,14). The summed E-state index contributed by atoms with van der Waals surface area (Å²) in [5, 5.41) is 2.22. The summed E-state index contributed by atoms with van der Waals surface area (Å²) in [7, 11) is 1.21. The van der Waals surface area contributed by atoms with Crippen LogP contribution < -0.4 is 10.9 Å². The van der Waals surface area contributed by atoms with Gasteiger partial charge in [-0.15, -0.1) is 0 Å². The van der Waals surface area contributed by atoms with Crippen LogP contribution in [0.4, 0.5) is 4.79 Å². The van der Waals surface area contributed by atoms with Gasteiger partial charge in [-0.3, -0.25) is 9.59 Å². The Hall–Kier alpha value is -2.11. The topological polar surface area (TPSA) is 77.4 Å². The second-order valence-electron chi connectivity index (χ2n) is 2.56. The molecule has 1 N–H and O–H groups in total. The largest absolute Gasteiger partial charge is 0.468 e. The first kappa shape index (κ1) is 11.0. The molecule has 1 heterocycles. The lowest BCUT2D eigenvalue weighted by Gasteiger charge is -2.04. The molecule has 15 heavy (non-hydrogen) atoms. The molecule has 1 amide bonds. The summed E-state index contributed by atoms with van der Waals surface area (Å²) in [5.74, 6) is -0.587. The summed E-state index contributed by atoms with van der Waals surface area (Å²) in [5.41, 5.74) is -0.583. The molecule has 1 radical (unpaired) electrons. The van der Waals surface area contributed by atoms with Crippen LogP contribution in [0.5, 0.6) is 0 Å². The van der Waals surface area contributed by atoms with Crippen LogP contribution in [0.1, 0.15) is 0 Å². The summed E-state index contributed by atoms with van der Waals surface area (Å²) >= 11 is 0. The molecule has 0 bridgehead atoms. The number of aromatic nitrogens is 1. The van der Waals surface area contributed by atoms with Gasteiger partial charge in [0.25, 0.3) is 5.56 Å². The fourth-order valence-corrected chi connectivity index (χ4v) is 0.851. The van der Waals surface area contributed by atoms with Gasteiger partial charge < -0.3 is 10.1 Å². The second kappa shape index (κ2) is 4.94. The van der Waals surface area contributed by atoms with Crippen LogP contribution in [0.3, 0.4) is 0 Å². The van der Waals surface area contributed by atoms with Gasteiger partial charge in [-0.25, -0.2) is 9.36 Å². The van der Waals surface area contributed by atoms with Crippen molar-refractivity contribution in [2.75, 3.05) is 13.7 Å². The molecule has 0 spiro atoms. The van der Waals surface area contributed by atoms with E-state index in [2.05, 4.69) is 16.1 Å². The number of ether oxygens (including phenoxy) is 1. The van der Waals surface area contributed by atoms with Crippen molar-refractivity contribution in [1.82, 2.24) is 9.88 Å². The van der Waals surface area contributed by atoms with E-state index in [1.54, 1.807) is 0 Å². The maximum Gasteiger partial charge on any atom is 0.329 e. The number of esters is 1. The maximum atomic E-state index is 11.3. The fourth-order valence-electron chi connectivity index (χ4n) is 0.851. The quantitative estimate of drug-likeness (QED) is 0.658. The van der Waals surface area contributed by atoms with E-state index in [0.717, 1.165) is 4.57 Å². The average Bonchev–Trinajstić information content (AvgIpc) is 2.26. The lowest BCUT2D eigenvalue weighted by molar-refractivity contribution is -0.139. The van der Waals surface area contributed by atoms with E-state index in [1.165, 1.54) is 25.4 Å². The first-order chi connectivity index (χ1) is 7.15. The number of rotatable bonds is 2. The smallest absolute Gasteiger partial charge is 0.329 e. The third-order valence-corrected chi connectivity index (χ3v) is 1.59. The number of nitrogens with one attached hydrogen (secondary N) is 1. The van der Waals surface area contributed by atoms with Gasteiger partial charge in [0.2, 0.25) is 0 Å². The highest BCUT2D eigenvalue weighted by molar-refractivity contribution is 5.81. The monoisotopic (exact) mass is 209 g/mol.